The van der Waals surface area contributed by atoms with Crippen molar-refractivity contribution in [2.24, 2.45) is 0 Å². The van der Waals surface area contributed by atoms with Crippen molar-refractivity contribution in [2.75, 3.05) is 7.05 Å². The van der Waals surface area contributed by atoms with Crippen molar-refractivity contribution in [2.45, 2.75) is 16.7 Å². The Bertz CT molecular complexity index is 893. The molecular formula is C14H15BrN2O4S2. The maximum absolute atomic E-state index is 12.4. The summed E-state index contributed by atoms with van der Waals surface area (Å²) in [6.45, 7) is 1.83. The van der Waals surface area contributed by atoms with Gasteiger partial charge in [-0.15, -0.1) is 9.25 Å². The van der Waals surface area contributed by atoms with Gasteiger partial charge in [-0.05, 0) is 43.3 Å². The molecule has 2 rings (SSSR count). The lowest BCUT2D eigenvalue weighted by atomic mass is 10.2. The van der Waals surface area contributed by atoms with Gasteiger partial charge in [0.15, 0.2) is 0 Å². The second-order valence-corrected chi connectivity index (χ2v) is 9.38. The van der Waals surface area contributed by atoms with Crippen LogP contribution in [0.5, 0.6) is 0 Å². The van der Waals surface area contributed by atoms with Gasteiger partial charge in [0.05, 0.1) is 9.79 Å². The molecule has 23 heavy (non-hydrogen) atoms. The summed E-state index contributed by atoms with van der Waals surface area (Å²) in [5, 5.41) is 0. The SMILES string of the molecule is Cc1ccc(S(=O)(=O)N(C)NS(=O)(=O)c2ccc(Br)cc2)cc1. The topological polar surface area (TPSA) is 83.6 Å². The number of hydrogen-bond acceptors (Lipinski definition) is 4. The normalized spacial score (nSPS) is 12.5. The van der Waals surface area contributed by atoms with E-state index in [1.54, 1.807) is 24.3 Å². The molecule has 0 saturated heterocycles. The number of hydrazine groups is 1. The summed E-state index contributed by atoms with van der Waals surface area (Å²) in [6, 6.07) is 12.0. The fraction of sp³-hybridized carbons (Fsp3) is 0.143. The lowest BCUT2D eigenvalue weighted by Gasteiger charge is -2.18. The molecule has 0 saturated carbocycles. The molecule has 0 spiro atoms. The molecule has 1 N–H and O–H groups in total. The van der Waals surface area contributed by atoms with Crippen LogP contribution in [0, 0.1) is 6.92 Å². The Morgan fingerprint density at radius 3 is 1.87 bits per heavy atom. The Morgan fingerprint density at radius 1 is 0.870 bits per heavy atom. The van der Waals surface area contributed by atoms with Crippen LogP contribution in [0.2, 0.25) is 0 Å². The highest BCUT2D eigenvalue weighted by Gasteiger charge is 2.26. The van der Waals surface area contributed by atoms with Crippen LogP contribution < -0.4 is 4.83 Å². The van der Waals surface area contributed by atoms with Crippen molar-refractivity contribution < 1.29 is 16.8 Å². The molecule has 0 heterocycles. The van der Waals surface area contributed by atoms with E-state index in [-0.39, 0.29) is 9.79 Å². The van der Waals surface area contributed by atoms with E-state index >= 15 is 0 Å². The van der Waals surface area contributed by atoms with E-state index < -0.39 is 20.0 Å². The molecule has 0 unspecified atom stereocenters. The predicted molar refractivity (Wildman–Crippen MR) is 90.6 cm³/mol. The molecule has 0 atom stereocenters. The molecule has 6 nitrogen and oxygen atoms in total. The molecule has 0 aliphatic heterocycles. The highest BCUT2D eigenvalue weighted by molar-refractivity contribution is 9.10. The first-order chi connectivity index (χ1) is 10.6. The minimum atomic E-state index is -4.00. The van der Waals surface area contributed by atoms with Crippen LogP contribution in [-0.2, 0) is 20.0 Å². The summed E-state index contributed by atoms with van der Waals surface area (Å²) >= 11 is 3.21. The first kappa shape index (κ1) is 18.1. The van der Waals surface area contributed by atoms with Crippen LogP contribution in [0.25, 0.3) is 0 Å². The van der Waals surface area contributed by atoms with Crippen molar-refractivity contribution in [3.63, 3.8) is 0 Å². The van der Waals surface area contributed by atoms with Crippen molar-refractivity contribution >= 4 is 36.0 Å². The first-order valence-electron chi connectivity index (χ1n) is 6.46. The van der Waals surface area contributed by atoms with Gasteiger partial charge in [-0.2, -0.15) is 0 Å². The van der Waals surface area contributed by atoms with Crippen LogP contribution >= 0.6 is 15.9 Å². The Hall–Kier alpha value is -1.26. The fourth-order valence-electron chi connectivity index (χ4n) is 1.75. The standard InChI is InChI=1S/C14H15BrN2O4S2/c1-11-3-7-14(8-4-11)23(20,21)17(2)16-22(18,19)13-9-5-12(15)6-10-13/h3-10,16H,1-2H3. The summed E-state index contributed by atoms with van der Waals surface area (Å²) in [4.78, 5) is 2.02. The van der Waals surface area contributed by atoms with Gasteiger partial charge in [-0.1, -0.05) is 33.6 Å². The van der Waals surface area contributed by atoms with E-state index in [0.29, 0.717) is 4.41 Å². The molecule has 124 valence electrons. The van der Waals surface area contributed by atoms with Crippen molar-refractivity contribution in [1.82, 2.24) is 9.25 Å². The fourth-order valence-corrected chi connectivity index (χ4v) is 4.44. The number of rotatable bonds is 5. The van der Waals surface area contributed by atoms with Crippen molar-refractivity contribution in [3.05, 3.63) is 58.6 Å². The van der Waals surface area contributed by atoms with E-state index in [2.05, 4.69) is 15.9 Å². The van der Waals surface area contributed by atoms with Gasteiger partial charge in [0.2, 0.25) is 0 Å². The van der Waals surface area contributed by atoms with Gasteiger partial charge < -0.3 is 0 Å². The molecule has 0 aromatic heterocycles. The lowest BCUT2D eigenvalue weighted by molar-refractivity contribution is 0.432. The maximum Gasteiger partial charge on any atom is 0.256 e. The maximum atomic E-state index is 12.4. The van der Waals surface area contributed by atoms with E-state index in [0.717, 1.165) is 17.1 Å². The third-order valence-corrected chi connectivity index (χ3v) is 6.78. The van der Waals surface area contributed by atoms with Gasteiger partial charge in [0.25, 0.3) is 20.0 Å². The Morgan fingerprint density at radius 2 is 1.35 bits per heavy atom. The minimum Gasteiger partial charge on any atom is -0.206 e. The zero-order valence-electron chi connectivity index (χ0n) is 12.4. The quantitative estimate of drug-likeness (QED) is 0.754. The van der Waals surface area contributed by atoms with Crippen LogP contribution in [0.3, 0.4) is 0 Å². The predicted octanol–water partition coefficient (Wildman–Crippen LogP) is 2.27. The Labute approximate surface area is 144 Å². The number of nitrogens with one attached hydrogen (secondary N) is 1. The van der Waals surface area contributed by atoms with Crippen molar-refractivity contribution in [1.29, 1.82) is 0 Å². The van der Waals surface area contributed by atoms with Crippen LogP contribution in [0.4, 0.5) is 0 Å². The van der Waals surface area contributed by atoms with E-state index in [9.17, 15) is 16.8 Å². The largest absolute Gasteiger partial charge is 0.256 e. The number of aryl methyl sites for hydroxylation is 1. The number of hydrogen-bond donors (Lipinski definition) is 1. The zero-order valence-corrected chi connectivity index (χ0v) is 15.6. The average molecular weight is 419 g/mol. The van der Waals surface area contributed by atoms with Crippen LogP contribution in [0.1, 0.15) is 5.56 Å². The average Bonchev–Trinajstić information content (AvgIpc) is 2.47. The first-order valence-corrected chi connectivity index (χ1v) is 10.2. The Kier molecular flexibility index (Phi) is 5.27. The highest BCUT2D eigenvalue weighted by Crippen LogP contribution is 2.17. The molecule has 0 radical (unpaired) electrons. The molecule has 0 amide bonds. The smallest absolute Gasteiger partial charge is 0.206 e. The monoisotopic (exact) mass is 418 g/mol. The molecule has 0 aliphatic carbocycles. The van der Waals surface area contributed by atoms with E-state index in [1.165, 1.54) is 24.3 Å². The lowest BCUT2D eigenvalue weighted by Crippen LogP contribution is -2.43. The second kappa shape index (κ2) is 6.70. The number of halogens is 1. The number of nitrogens with zero attached hydrogens (tertiary/aromatic N) is 1. The molecule has 0 fully saturated rings. The summed E-state index contributed by atoms with van der Waals surface area (Å²) in [6.07, 6.45) is 0. The van der Waals surface area contributed by atoms with E-state index in [1.807, 2.05) is 11.8 Å². The molecule has 2 aromatic rings. The van der Waals surface area contributed by atoms with E-state index in [4.69, 9.17) is 0 Å². The van der Waals surface area contributed by atoms with Crippen molar-refractivity contribution in [3.8, 4) is 0 Å². The summed E-state index contributed by atoms with van der Waals surface area (Å²) in [5.41, 5.74) is 0.905. The second-order valence-electron chi connectivity index (χ2n) is 4.83. The molecule has 9 heteroatoms. The number of sulfonamides is 2. The van der Waals surface area contributed by atoms with Gasteiger partial charge in [-0.25, -0.2) is 16.8 Å². The zero-order chi connectivity index (χ0) is 17.3. The van der Waals surface area contributed by atoms with Crippen LogP contribution in [-0.4, -0.2) is 28.3 Å². The number of benzene rings is 2. The van der Waals surface area contributed by atoms with Gasteiger partial charge in [0.1, 0.15) is 0 Å². The Balaban J connectivity index is 2.28. The summed E-state index contributed by atoms with van der Waals surface area (Å²) < 4.78 is 50.6. The third-order valence-electron chi connectivity index (χ3n) is 3.05. The summed E-state index contributed by atoms with van der Waals surface area (Å²) in [5.74, 6) is 0. The van der Waals surface area contributed by atoms with Crippen LogP contribution in [0.15, 0.2) is 62.8 Å². The van der Waals surface area contributed by atoms with Gasteiger partial charge >= 0.3 is 0 Å². The highest BCUT2D eigenvalue weighted by atomic mass is 79.9. The van der Waals surface area contributed by atoms with Gasteiger partial charge in [-0.3, -0.25) is 0 Å². The summed E-state index contributed by atoms with van der Waals surface area (Å²) in [7, 11) is -6.83. The third kappa shape index (κ3) is 4.18. The molecule has 0 aliphatic rings. The minimum absolute atomic E-state index is 0.00380. The molecular weight excluding hydrogens is 404 g/mol. The molecule has 2 aromatic carbocycles. The molecule has 0 bridgehead atoms. The van der Waals surface area contributed by atoms with Gasteiger partial charge in [0, 0.05) is 11.5 Å².